The second kappa shape index (κ2) is 15.8. The lowest BCUT2D eigenvalue weighted by atomic mass is 10.0. The highest BCUT2D eigenvalue weighted by Gasteiger charge is 2.03. The molecule has 1 atom stereocenters. The summed E-state index contributed by atoms with van der Waals surface area (Å²) in [6.45, 7) is 4.53. The predicted octanol–water partition coefficient (Wildman–Crippen LogP) is 5.00. The van der Waals surface area contributed by atoms with Crippen LogP contribution >= 0.6 is 0 Å². The molecule has 0 rings (SSSR count). The molecule has 0 fully saturated rings. The molecule has 0 amide bonds. The van der Waals surface area contributed by atoms with Crippen LogP contribution < -0.4 is 0 Å². The van der Waals surface area contributed by atoms with Crippen LogP contribution in [0.4, 0.5) is 0 Å². The molecule has 3 heteroatoms. The summed E-state index contributed by atoms with van der Waals surface area (Å²) in [5.74, 6) is -0.0606. The van der Waals surface area contributed by atoms with Gasteiger partial charge in [0.1, 0.15) is 0 Å². The number of ether oxygens (including phenoxy) is 1. The quantitative estimate of drug-likeness (QED) is 0.342. The number of carbonyl (C=O) groups is 1. The van der Waals surface area contributed by atoms with Crippen LogP contribution in [0.25, 0.3) is 0 Å². The van der Waals surface area contributed by atoms with Gasteiger partial charge in [0, 0.05) is 6.42 Å². The minimum Gasteiger partial charge on any atom is -0.466 e. The van der Waals surface area contributed by atoms with Gasteiger partial charge in [-0.2, -0.15) is 0 Å². The van der Waals surface area contributed by atoms with Crippen molar-refractivity contribution in [1.29, 1.82) is 0 Å². The molecule has 1 unspecified atom stereocenters. The maximum atomic E-state index is 11.1. The number of carbonyl (C=O) groups excluding carboxylic acids is 1. The van der Waals surface area contributed by atoms with Gasteiger partial charge in [0.2, 0.25) is 0 Å². The van der Waals surface area contributed by atoms with E-state index < -0.39 is 0 Å². The van der Waals surface area contributed by atoms with Gasteiger partial charge in [-0.1, -0.05) is 64.7 Å². The van der Waals surface area contributed by atoms with Gasteiger partial charge in [-0.25, -0.2) is 0 Å². The monoisotopic (exact) mass is 300 g/mol. The van der Waals surface area contributed by atoms with Crippen molar-refractivity contribution in [3.63, 3.8) is 0 Å². The first-order valence-electron chi connectivity index (χ1n) is 9.04. The van der Waals surface area contributed by atoms with Crippen molar-refractivity contribution in [2.24, 2.45) is 0 Å². The van der Waals surface area contributed by atoms with Crippen LogP contribution in [0.1, 0.15) is 97.3 Å². The highest BCUT2D eigenvalue weighted by atomic mass is 16.5. The molecule has 0 bridgehead atoms. The normalized spacial score (nSPS) is 12.3. The highest BCUT2D eigenvalue weighted by molar-refractivity contribution is 5.69. The van der Waals surface area contributed by atoms with Crippen LogP contribution in [0.2, 0.25) is 0 Å². The van der Waals surface area contributed by atoms with Crippen molar-refractivity contribution in [3.8, 4) is 0 Å². The molecule has 0 aromatic rings. The van der Waals surface area contributed by atoms with Crippen molar-refractivity contribution in [3.05, 3.63) is 0 Å². The fraction of sp³-hybridized carbons (Fsp3) is 0.944. The third kappa shape index (κ3) is 15.6. The zero-order chi connectivity index (χ0) is 15.8. The summed E-state index contributed by atoms with van der Waals surface area (Å²) in [7, 11) is 0. The Bertz CT molecular complexity index is 229. The van der Waals surface area contributed by atoms with Gasteiger partial charge in [-0.05, 0) is 26.2 Å². The van der Waals surface area contributed by atoms with E-state index in [1.165, 1.54) is 38.5 Å². The molecule has 0 radical (unpaired) electrons. The summed E-state index contributed by atoms with van der Waals surface area (Å²) in [6.07, 6.45) is 14.2. The Kier molecular flexibility index (Phi) is 15.4. The van der Waals surface area contributed by atoms with Crippen LogP contribution in [0.3, 0.4) is 0 Å². The average Bonchev–Trinajstić information content (AvgIpc) is 2.46. The van der Waals surface area contributed by atoms with Crippen molar-refractivity contribution in [2.75, 3.05) is 6.61 Å². The van der Waals surface area contributed by atoms with E-state index in [1.54, 1.807) is 0 Å². The number of aliphatic hydroxyl groups is 1. The van der Waals surface area contributed by atoms with Gasteiger partial charge >= 0.3 is 5.97 Å². The van der Waals surface area contributed by atoms with E-state index in [0.29, 0.717) is 13.0 Å². The lowest BCUT2D eigenvalue weighted by Gasteiger charge is -2.09. The largest absolute Gasteiger partial charge is 0.466 e. The fourth-order valence-electron chi connectivity index (χ4n) is 2.54. The van der Waals surface area contributed by atoms with Crippen molar-refractivity contribution >= 4 is 5.97 Å². The minimum atomic E-state index is -0.0823. The zero-order valence-electron chi connectivity index (χ0n) is 14.2. The van der Waals surface area contributed by atoms with Gasteiger partial charge in [0.15, 0.2) is 0 Å². The zero-order valence-corrected chi connectivity index (χ0v) is 14.2. The van der Waals surface area contributed by atoms with Crippen LogP contribution in [-0.2, 0) is 9.53 Å². The van der Waals surface area contributed by atoms with E-state index in [0.717, 1.165) is 38.5 Å². The maximum absolute atomic E-state index is 11.1. The Labute approximate surface area is 131 Å². The average molecular weight is 300 g/mol. The molecule has 0 aliphatic heterocycles. The number of unbranched alkanes of at least 4 members (excludes halogenated alkanes) is 8. The Morgan fingerprint density at radius 2 is 1.38 bits per heavy atom. The molecule has 0 aliphatic carbocycles. The molecule has 0 aromatic carbocycles. The summed E-state index contributed by atoms with van der Waals surface area (Å²) in [5, 5.41) is 9.80. The fourth-order valence-corrected chi connectivity index (χ4v) is 2.54. The summed E-state index contributed by atoms with van der Waals surface area (Å²) >= 11 is 0. The Morgan fingerprint density at radius 1 is 0.857 bits per heavy atom. The number of esters is 1. The van der Waals surface area contributed by atoms with E-state index in [4.69, 9.17) is 4.74 Å². The van der Waals surface area contributed by atoms with E-state index in [9.17, 15) is 9.90 Å². The second-order valence-electron chi connectivity index (χ2n) is 5.97. The molecular weight excluding hydrogens is 264 g/mol. The third-order valence-electron chi connectivity index (χ3n) is 3.86. The second-order valence-corrected chi connectivity index (χ2v) is 5.97. The first-order valence-corrected chi connectivity index (χ1v) is 9.04. The van der Waals surface area contributed by atoms with Gasteiger partial charge in [0.25, 0.3) is 0 Å². The van der Waals surface area contributed by atoms with Gasteiger partial charge in [0.05, 0.1) is 12.7 Å². The summed E-state index contributed by atoms with van der Waals surface area (Å²) < 4.78 is 4.90. The topological polar surface area (TPSA) is 46.5 Å². The van der Waals surface area contributed by atoms with Gasteiger partial charge in [-0.3, -0.25) is 4.79 Å². The minimum absolute atomic E-state index is 0.0606. The Morgan fingerprint density at radius 3 is 1.95 bits per heavy atom. The Hall–Kier alpha value is -0.570. The summed E-state index contributed by atoms with van der Waals surface area (Å²) in [4.78, 5) is 11.1. The third-order valence-corrected chi connectivity index (χ3v) is 3.86. The molecule has 21 heavy (non-hydrogen) atoms. The molecule has 126 valence electrons. The molecule has 0 spiro atoms. The van der Waals surface area contributed by atoms with E-state index >= 15 is 0 Å². The molecule has 0 saturated carbocycles. The smallest absolute Gasteiger partial charge is 0.305 e. The predicted molar refractivity (Wildman–Crippen MR) is 88.3 cm³/mol. The van der Waals surface area contributed by atoms with Crippen LogP contribution in [0.5, 0.6) is 0 Å². The van der Waals surface area contributed by atoms with Gasteiger partial charge in [-0.15, -0.1) is 0 Å². The molecule has 0 aromatic heterocycles. The molecule has 0 heterocycles. The van der Waals surface area contributed by atoms with Crippen molar-refractivity contribution < 1.29 is 14.6 Å². The van der Waals surface area contributed by atoms with Crippen molar-refractivity contribution in [2.45, 2.75) is 103 Å². The molecule has 1 N–H and O–H groups in total. The molecule has 3 nitrogen and oxygen atoms in total. The lowest BCUT2D eigenvalue weighted by molar-refractivity contribution is -0.143. The number of hydrogen-bond donors (Lipinski definition) is 1. The summed E-state index contributed by atoms with van der Waals surface area (Å²) in [6, 6.07) is 0. The van der Waals surface area contributed by atoms with E-state index in [2.05, 4.69) is 6.92 Å². The van der Waals surface area contributed by atoms with E-state index in [-0.39, 0.29) is 12.1 Å². The number of hydrogen-bond acceptors (Lipinski definition) is 3. The molecule has 0 saturated heterocycles. The van der Waals surface area contributed by atoms with Crippen LogP contribution in [0.15, 0.2) is 0 Å². The molecule has 0 aliphatic rings. The lowest BCUT2D eigenvalue weighted by Crippen LogP contribution is -2.05. The first-order chi connectivity index (χ1) is 10.2. The first kappa shape index (κ1) is 20.4. The number of aliphatic hydroxyl groups excluding tert-OH is 1. The van der Waals surface area contributed by atoms with Crippen LogP contribution in [-0.4, -0.2) is 23.8 Å². The maximum Gasteiger partial charge on any atom is 0.305 e. The SMILES string of the molecule is CCCCCC(O)CCCCCCCCCC(=O)OCC. The van der Waals surface area contributed by atoms with Gasteiger partial charge < -0.3 is 9.84 Å². The standard InChI is InChI=1S/C18H36O3/c1-3-5-11-14-17(19)15-12-9-7-6-8-10-13-16-18(20)21-4-2/h17,19H,3-16H2,1-2H3. The van der Waals surface area contributed by atoms with E-state index in [1.807, 2.05) is 6.92 Å². The highest BCUT2D eigenvalue weighted by Crippen LogP contribution is 2.13. The van der Waals surface area contributed by atoms with Crippen molar-refractivity contribution in [1.82, 2.24) is 0 Å². The van der Waals surface area contributed by atoms with Crippen LogP contribution in [0, 0.1) is 0 Å². The Balaban J connectivity index is 3.16. The molecular formula is C18H36O3. The number of rotatable bonds is 15. The summed E-state index contributed by atoms with van der Waals surface area (Å²) in [5.41, 5.74) is 0.